The van der Waals surface area contributed by atoms with Crippen molar-refractivity contribution in [3.8, 4) is 11.5 Å². The summed E-state index contributed by atoms with van der Waals surface area (Å²) in [5.74, 6) is -57.1. The molecule has 0 aliphatic carbocycles. The van der Waals surface area contributed by atoms with E-state index >= 15 is 8.78 Å². The molecule has 0 unspecified atom stereocenters. The van der Waals surface area contributed by atoms with Crippen molar-refractivity contribution in [1.82, 2.24) is 5.48 Å². The fraction of sp³-hybridized carbons (Fsp3) is 0.561. The monoisotopic (exact) mass is 1030 g/mol. The summed E-state index contributed by atoms with van der Waals surface area (Å²) in [6, 6.07) is 10.6. The molecular weight excluding hydrogens is 984 g/mol. The van der Waals surface area contributed by atoms with Gasteiger partial charge in [0.05, 0.1) is 13.7 Å². The van der Waals surface area contributed by atoms with Crippen LogP contribution < -0.4 is 20.3 Å². The van der Waals surface area contributed by atoms with Crippen molar-refractivity contribution in [2.24, 2.45) is 0 Å². The summed E-state index contributed by atoms with van der Waals surface area (Å²) < 4.78 is 258. The maximum Gasteiger partial charge on any atom is 0.460 e. The molecule has 0 heterocycles. The van der Waals surface area contributed by atoms with E-state index in [1.807, 2.05) is 0 Å². The first kappa shape index (κ1) is 59.3. The quantitative estimate of drug-likeness (QED) is 0.0182. The van der Waals surface area contributed by atoms with Gasteiger partial charge in [-0.1, -0.05) is 51.5 Å². The summed E-state index contributed by atoms with van der Waals surface area (Å²) in [6.07, 6.45) is -9.57. The van der Waals surface area contributed by atoms with E-state index < -0.39 is 111 Å². The van der Waals surface area contributed by atoms with Gasteiger partial charge in [0, 0.05) is 24.6 Å². The zero-order chi connectivity index (χ0) is 52.7. The smallest absolute Gasteiger partial charge is 0.460 e. The Balaban J connectivity index is 2.32. The Bertz CT molecular complexity index is 2060. The number of hydroxylamine groups is 1. The van der Waals surface area contributed by atoms with E-state index in [9.17, 15) is 75.4 Å². The molecule has 2 rings (SSSR count). The highest BCUT2D eigenvalue weighted by molar-refractivity contribution is 6.76. The van der Waals surface area contributed by atoms with Gasteiger partial charge in [0.1, 0.15) is 24.2 Å². The number of hydrogen-bond acceptors (Lipinski definition) is 7. The number of ether oxygens (including phenoxy) is 3. The Labute approximate surface area is 379 Å². The van der Waals surface area contributed by atoms with Gasteiger partial charge in [-0.15, -0.1) is 0 Å². The number of benzene rings is 2. The predicted octanol–water partition coefficient (Wildman–Crippen LogP) is 13.3. The topological polar surface area (TPSA) is 115 Å². The van der Waals surface area contributed by atoms with Crippen LogP contribution in [0.25, 0.3) is 0 Å². The average molecular weight is 1030 g/mol. The number of carbonyl (C=O) groups excluding carboxylic acids is 2. The number of halogens is 17. The van der Waals surface area contributed by atoms with Gasteiger partial charge in [0.15, 0.2) is 8.32 Å². The van der Waals surface area contributed by atoms with Crippen LogP contribution in [0.5, 0.6) is 11.5 Å². The molecule has 1 atom stereocenters. The van der Waals surface area contributed by atoms with Gasteiger partial charge in [-0.05, 0) is 78.5 Å². The summed E-state index contributed by atoms with van der Waals surface area (Å²) in [6.45, 7) is 7.47. The fourth-order valence-corrected chi connectivity index (χ4v) is 11.2. The lowest BCUT2D eigenvalue weighted by Crippen LogP contribution is -2.74. The number of nitrogens with one attached hydrogen (secondary N) is 2. The third-order valence-corrected chi connectivity index (χ3v) is 16.3. The average Bonchev–Trinajstić information content (AvgIpc) is 3.22. The zero-order valence-corrected chi connectivity index (χ0v) is 37.9. The van der Waals surface area contributed by atoms with Crippen LogP contribution in [0.1, 0.15) is 66.1 Å². The highest BCUT2D eigenvalue weighted by atomic mass is 28.4. The van der Waals surface area contributed by atoms with Gasteiger partial charge in [-0.2, -0.15) is 74.6 Å². The molecule has 0 saturated carbocycles. The van der Waals surface area contributed by atoms with E-state index in [4.69, 9.17) is 23.8 Å². The molecule has 0 aromatic heterocycles. The molecule has 0 fully saturated rings. The zero-order valence-electron chi connectivity index (χ0n) is 36.9. The van der Waals surface area contributed by atoms with Crippen molar-refractivity contribution in [2.75, 3.05) is 25.6 Å². The molecule has 2 aromatic carbocycles. The molecule has 0 aliphatic rings. The number of anilines is 1. The maximum absolute atomic E-state index is 15.0. The van der Waals surface area contributed by atoms with E-state index in [1.165, 1.54) is 76.7 Å². The van der Waals surface area contributed by atoms with Crippen molar-refractivity contribution < 1.29 is 108 Å². The fourth-order valence-electron chi connectivity index (χ4n) is 6.72. The molecule has 27 heteroatoms. The first-order chi connectivity index (χ1) is 30.8. The van der Waals surface area contributed by atoms with Gasteiger partial charge < -0.3 is 18.6 Å². The van der Waals surface area contributed by atoms with E-state index in [1.54, 1.807) is 32.1 Å². The molecule has 3 N–H and O–H groups in total. The van der Waals surface area contributed by atoms with Crippen LogP contribution >= 0.6 is 0 Å². The van der Waals surface area contributed by atoms with E-state index in [0.29, 0.717) is 28.1 Å². The molecule has 386 valence electrons. The van der Waals surface area contributed by atoms with Crippen LogP contribution in [-0.4, -0.2) is 93.5 Å². The number of alkyl halides is 17. The van der Waals surface area contributed by atoms with E-state index in [2.05, 4.69) is 5.32 Å². The number of hydrogen-bond donors (Lipinski definition) is 3. The standard InChI is InChI=1S/C41H47F17N2O7Si/c1-23(2)68(24(3)4,19-16-34(42,43)35(44,45)36(46,47)37(48,49)38(50,51)39(52,53)40(54,55)41(56,57)58)66-18-17-65-30-12-8-27(9-13-30)31(21-25(5)20-26(6)22-32(61)60-63)67-33(62)59-28-10-14-29(64-7)15-11-28/h8-15,20,22-24,31,63H,16-19,21H2,1-7H3,(H,59,62)(H,60,61)/b25-20+,26-22+/t31-/m0/s1. The summed E-state index contributed by atoms with van der Waals surface area (Å²) in [7, 11) is -2.59. The molecule has 0 saturated heterocycles. The van der Waals surface area contributed by atoms with Crippen LogP contribution in [0, 0.1) is 0 Å². The molecule has 0 bridgehead atoms. The molecule has 0 spiro atoms. The van der Waals surface area contributed by atoms with Crippen LogP contribution in [0.3, 0.4) is 0 Å². The van der Waals surface area contributed by atoms with Crippen LogP contribution in [0.2, 0.25) is 17.1 Å². The SMILES string of the molecule is COc1ccc(NC(=O)O[C@@H](C/C(C)=C/C(C)=C/C(=O)NO)c2ccc(OCCO[Si](CCC(F)(F)C(F)(F)C(F)(F)C(F)(F)C(F)(F)C(F)(F)C(F)(F)C(F)(F)F)(C(C)C)C(C)C)cc2)cc1. The second-order valence-corrected chi connectivity index (χ2v) is 21.0. The van der Waals surface area contributed by atoms with Gasteiger partial charge in [-0.3, -0.25) is 15.3 Å². The number of methoxy groups -OCH3 is 1. The molecule has 2 aromatic rings. The normalized spacial score (nSPS) is 14.8. The molecule has 68 heavy (non-hydrogen) atoms. The predicted molar refractivity (Wildman–Crippen MR) is 212 cm³/mol. The third-order valence-electron chi connectivity index (χ3n) is 10.6. The van der Waals surface area contributed by atoms with Gasteiger partial charge in [0.2, 0.25) is 0 Å². The number of amides is 2. The van der Waals surface area contributed by atoms with Crippen molar-refractivity contribution >= 4 is 26.0 Å². The van der Waals surface area contributed by atoms with Crippen molar-refractivity contribution in [2.45, 2.75) is 125 Å². The minimum absolute atomic E-state index is 0.0570. The molecule has 9 nitrogen and oxygen atoms in total. The van der Waals surface area contributed by atoms with E-state index in [-0.39, 0.29) is 12.2 Å². The minimum Gasteiger partial charge on any atom is -0.497 e. The van der Waals surface area contributed by atoms with Crippen LogP contribution in [0.15, 0.2) is 71.8 Å². The molecular formula is C41H47F17N2O7Si. The summed E-state index contributed by atoms with van der Waals surface area (Å²) in [5, 5.41) is 11.4. The highest BCUT2D eigenvalue weighted by Gasteiger charge is 2.95. The second kappa shape index (κ2) is 21.9. The largest absolute Gasteiger partial charge is 0.497 e. The number of carbonyl (C=O) groups is 2. The van der Waals surface area contributed by atoms with Gasteiger partial charge in [0.25, 0.3) is 5.91 Å². The Kier molecular flexibility index (Phi) is 19.1. The van der Waals surface area contributed by atoms with E-state index in [0.717, 1.165) is 6.08 Å². The maximum atomic E-state index is 15.0. The first-order valence-corrected chi connectivity index (χ1v) is 22.1. The molecule has 2 amide bonds. The third kappa shape index (κ3) is 12.5. The first-order valence-electron chi connectivity index (χ1n) is 19.8. The lowest BCUT2D eigenvalue weighted by molar-refractivity contribution is -0.461. The van der Waals surface area contributed by atoms with Gasteiger partial charge >= 0.3 is 53.7 Å². The Morgan fingerprint density at radius 2 is 1.13 bits per heavy atom. The number of rotatable bonds is 24. The Morgan fingerprint density at radius 3 is 1.59 bits per heavy atom. The van der Waals surface area contributed by atoms with Crippen molar-refractivity contribution in [1.29, 1.82) is 0 Å². The van der Waals surface area contributed by atoms with Crippen molar-refractivity contribution in [3.05, 3.63) is 77.4 Å². The Hall–Kier alpha value is -4.79. The minimum atomic E-state index is -8.71. The highest BCUT2D eigenvalue weighted by Crippen LogP contribution is 2.64. The van der Waals surface area contributed by atoms with Crippen LogP contribution in [0.4, 0.5) is 85.1 Å². The lowest BCUT2D eigenvalue weighted by atomic mass is 9.88. The Morgan fingerprint density at radius 1 is 0.662 bits per heavy atom. The summed E-state index contributed by atoms with van der Waals surface area (Å²) >= 11 is 0. The summed E-state index contributed by atoms with van der Waals surface area (Å²) in [4.78, 5) is 24.5. The second-order valence-electron chi connectivity index (χ2n) is 16.0. The number of allylic oxidation sites excluding steroid dienone is 2. The lowest BCUT2D eigenvalue weighted by Gasteiger charge is -2.44. The van der Waals surface area contributed by atoms with Crippen molar-refractivity contribution in [3.63, 3.8) is 0 Å². The van der Waals surface area contributed by atoms with Crippen LogP contribution in [-0.2, 0) is 14.0 Å². The summed E-state index contributed by atoms with van der Waals surface area (Å²) in [5.41, 5.74) is 1.40. The van der Waals surface area contributed by atoms with Gasteiger partial charge in [-0.25, -0.2) is 10.3 Å². The molecule has 0 radical (unpaired) electrons. The molecule has 0 aliphatic heterocycles.